The molecule has 2 heterocycles. The summed E-state index contributed by atoms with van der Waals surface area (Å²) in [6, 6.07) is 11.4. The normalized spacial score (nSPS) is 10.9. The molecule has 123 valence electrons. The van der Waals surface area contributed by atoms with Gasteiger partial charge in [-0.1, -0.05) is 6.07 Å². The molecule has 1 N–H and O–H groups in total. The van der Waals surface area contributed by atoms with Gasteiger partial charge in [0.15, 0.2) is 5.78 Å². The topological polar surface area (TPSA) is 54.6 Å². The van der Waals surface area contributed by atoms with E-state index in [2.05, 4.69) is 40.7 Å². The second kappa shape index (κ2) is 8.04. The van der Waals surface area contributed by atoms with Crippen LogP contribution >= 0.6 is 0 Å². The maximum atomic E-state index is 10.0. The largest absolute Gasteiger partial charge is 0.512 e. The number of aryl methyl sites for hydroxylation is 2. The molecule has 5 heteroatoms. The van der Waals surface area contributed by atoms with Gasteiger partial charge in [-0.15, -0.1) is 35.0 Å². The molecule has 0 spiro atoms. The van der Waals surface area contributed by atoms with Crippen LogP contribution in [-0.2, 0) is 24.9 Å². The Morgan fingerprint density at radius 1 is 1.30 bits per heavy atom. The molecular formula is C18H19IrN2O2-. The molecule has 0 saturated carbocycles. The molecule has 0 amide bonds. The summed E-state index contributed by atoms with van der Waals surface area (Å²) in [6.45, 7) is 6.97. The van der Waals surface area contributed by atoms with Crippen LogP contribution in [0.4, 0.5) is 0 Å². The Bertz CT molecular complexity index is 862. The number of nitrogens with zero attached hydrogens (tertiary/aromatic N) is 2. The predicted octanol–water partition coefficient (Wildman–Crippen LogP) is 3.94. The van der Waals surface area contributed by atoms with Crippen LogP contribution in [0.3, 0.4) is 0 Å². The average molecular weight is 488 g/mol. The van der Waals surface area contributed by atoms with E-state index in [4.69, 9.17) is 5.11 Å². The molecule has 23 heavy (non-hydrogen) atoms. The van der Waals surface area contributed by atoms with Gasteiger partial charge in [0.25, 0.3) is 0 Å². The van der Waals surface area contributed by atoms with Gasteiger partial charge in [0.1, 0.15) is 0 Å². The molecule has 3 aromatic rings. The van der Waals surface area contributed by atoms with Crippen LogP contribution in [0.1, 0.15) is 25.2 Å². The molecule has 3 rings (SSSR count). The number of pyridine rings is 1. The number of imidazole rings is 1. The molecule has 0 saturated heterocycles. The molecule has 1 aromatic carbocycles. The van der Waals surface area contributed by atoms with Crippen LogP contribution < -0.4 is 0 Å². The summed E-state index contributed by atoms with van der Waals surface area (Å²) in [6.07, 6.45) is 3.24. The van der Waals surface area contributed by atoms with Crippen LogP contribution in [0.25, 0.3) is 16.4 Å². The fourth-order valence-corrected chi connectivity index (χ4v) is 2.22. The molecule has 0 atom stereocenters. The van der Waals surface area contributed by atoms with E-state index in [1.54, 1.807) is 0 Å². The molecule has 0 aliphatic rings. The summed E-state index contributed by atoms with van der Waals surface area (Å²) in [5.41, 5.74) is 3.28. The molecule has 0 aliphatic carbocycles. The maximum absolute atomic E-state index is 10.0. The molecular weight excluding hydrogens is 468 g/mol. The molecule has 1 radical (unpaired) electrons. The number of ketones is 1. The minimum atomic E-state index is -0.125. The summed E-state index contributed by atoms with van der Waals surface area (Å²) >= 11 is 0. The van der Waals surface area contributed by atoms with E-state index in [0.717, 1.165) is 16.7 Å². The number of rotatable bonds is 1. The second-order valence-corrected chi connectivity index (χ2v) is 5.19. The summed E-state index contributed by atoms with van der Waals surface area (Å²) in [7, 11) is 0. The van der Waals surface area contributed by atoms with Crippen molar-refractivity contribution in [3.05, 3.63) is 59.8 Å². The zero-order chi connectivity index (χ0) is 16.3. The molecule has 0 fully saturated rings. The van der Waals surface area contributed by atoms with Crippen molar-refractivity contribution in [2.24, 2.45) is 0 Å². The van der Waals surface area contributed by atoms with E-state index in [1.807, 2.05) is 19.1 Å². The number of benzene rings is 1. The van der Waals surface area contributed by atoms with Gasteiger partial charge in [0.05, 0.1) is 11.4 Å². The number of aliphatic hydroxyl groups is 1. The predicted molar refractivity (Wildman–Crippen MR) is 88.1 cm³/mol. The van der Waals surface area contributed by atoms with Gasteiger partial charge in [0, 0.05) is 37.6 Å². The number of hydrogen-bond acceptors (Lipinski definition) is 3. The molecule has 0 bridgehead atoms. The van der Waals surface area contributed by atoms with Crippen LogP contribution in [-0.4, -0.2) is 20.3 Å². The van der Waals surface area contributed by atoms with Gasteiger partial charge in [0.2, 0.25) is 0 Å². The first-order chi connectivity index (χ1) is 10.4. The van der Waals surface area contributed by atoms with E-state index >= 15 is 0 Å². The van der Waals surface area contributed by atoms with Crippen molar-refractivity contribution in [2.45, 2.75) is 27.7 Å². The first-order valence-corrected chi connectivity index (χ1v) is 7.02. The van der Waals surface area contributed by atoms with Gasteiger partial charge in [-0.3, -0.25) is 9.78 Å². The first kappa shape index (κ1) is 19.1. The third-order valence-corrected chi connectivity index (χ3v) is 3.31. The molecule has 0 aliphatic heterocycles. The third kappa shape index (κ3) is 4.50. The zero-order valence-electron chi connectivity index (χ0n) is 13.5. The van der Waals surface area contributed by atoms with E-state index in [0.29, 0.717) is 0 Å². The van der Waals surface area contributed by atoms with Crippen molar-refractivity contribution in [2.75, 3.05) is 0 Å². The molecule has 4 nitrogen and oxygen atoms in total. The molecule has 2 aromatic heterocycles. The smallest absolute Gasteiger partial charge is 0.155 e. The van der Waals surface area contributed by atoms with Crippen LogP contribution in [0, 0.1) is 19.9 Å². The average Bonchev–Trinajstić information content (AvgIpc) is 2.74. The van der Waals surface area contributed by atoms with Gasteiger partial charge >= 0.3 is 0 Å². The van der Waals surface area contributed by atoms with E-state index in [9.17, 15) is 4.79 Å². The van der Waals surface area contributed by atoms with Gasteiger partial charge in [-0.25, -0.2) is 0 Å². The monoisotopic (exact) mass is 488 g/mol. The van der Waals surface area contributed by atoms with Crippen molar-refractivity contribution >= 4 is 22.2 Å². The Morgan fingerprint density at radius 2 is 2.00 bits per heavy atom. The summed E-state index contributed by atoms with van der Waals surface area (Å²) < 4.78 is 2.12. The standard InChI is InChI=1S/C13H11N2.C5H8O2.Ir/c1-9-10(2)15-8-7-11-5-3-4-6-12(11)13(15)14-9;1-4(6)3-5(2)7;/h3-5,7-8H,1-2H3;3,6H,1-2H3;/q-1;;. The number of hydrogen-bond donors (Lipinski definition) is 1. The van der Waals surface area contributed by atoms with Crippen molar-refractivity contribution in [3.8, 4) is 0 Å². The van der Waals surface area contributed by atoms with Gasteiger partial charge in [-0.2, -0.15) is 0 Å². The maximum Gasteiger partial charge on any atom is 0.155 e. The van der Waals surface area contributed by atoms with Crippen molar-refractivity contribution < 1.29 is 30.0 Å². The Hall–Kier alpha value is -1.97. The number of aromatic nitrogens is 2. The SMILES string of the molecule is CC(=O)C=C(C)O.Cc1nc2c3[c-]cccc3ccn2c1C.[Ir]. The third-order valence-electron chi connectivity index (χ3n) is 3.31. The van der Waals surface area contributed by atoms with Gasteiger partial charge in [-0.05, 0) is 33.9 Å². The zero-order valence-corrected chi connectivity index (χ0v) is 15.9. The van der Waals surface area contributed by atoms with Gasteiger partial charge < -0.3 is 9.51 Å². The first-order valence-electron chi connectivity index (χ1n) is 7.02. The summed E-state index contributed by atoms with van der Waals surface area (Å²) in [4.78, 5) is 14.6. The minimum absolute atomic E-state index is 0. The van der Waals surface area contributed by atoms with Crippen LogP contribution in [0.2, 0.25) is 0 Å². The number of carbonyl (C=O) groups excluding carboxylic acids is 1. The summed E-state index contributed by atoms with van der Waals surface area (Å²) in [5.74, 6) is -0.0625. The fourth-order valence-electron chi connectivity index (χ4n) is 2.22. The van der Waals surface area contributed by atoms with Crippen molar-refractivity contribution in [1.82, 2.24) is 9.38 Å². The Labute approximate surface area is 149 Å². The number of carbonyl (C=O) groups is 1. The van der Waals surface area contributed by atoms with E-state index < -0.39 is 0 Å². The Balaban J connectivity index is 0.000000287. The minimum Gasteiger partial charge on any atom is -0.512 e. The number of aliphatic hydroxyl groups excluding tert-OH is 1. The summed E-state index contributed by atoms with van der Waals surface area (Å²) in [5, 5.41) is 10.6. The van der Waals surface area contributed by atoms with E-state index in [-0.39, 0.29) is 31.6 Å². The van der Waals surface area contributed by atoms with Crippen molar-refractivity contribution in [3.63, 3.8) is 0 Å². The van der Waals surface area contributed by atoms with Crippen molar-refractivity contribution in [1.29, 1.82) is 0 Å². The Morgan fingerprint density at radius 3 is 2.57 bits per heavy atom. The fraction of sp³-hybridized carbons (Fsp3) is 0.222. The second-order valence-electron chi connectivity index (χ2n) is 5.19. The Kier molecular flexibility index (Phi) is 6.67. The quantitative estimate of drug-likeness (QED) is 0.321. The van der Waals surface area contributed by atoms with E-state index in [1.165, 1.54) is 31.0 Å². The molecule has 0 unspecified atom stereocenters. The number of allylic oxidation sites excluding steroid dienone is 2. The number of fused-ring (bicyclic) bond motifs is 3. The van der Waals surface area contributed by atoms with Crippen LogP contribution in [0.15, 0.2) is 42.3 Å². The van der Waals surface area contributed by atoms with Crippen LogP contribution in [0.5, 0.6) is 0 Å².